The van der Waals surface area contributed by atoms with Gasteiger partial charge in [-0.05, 0) is 55.5 Å². The number of anilines is 2. The summed E-state index contributed by atoms with van der Waals surface area (Å²) in [5, 5.41) is 33.7. The minimum Gasteiger partial charge on any atom is -0.504 e. The van der Waals surface area contributed by atoms with Gasteiger partial charge < -0.3 is 30.7 Å². The van der Waals surface area contributed by atoms with E-state index >= 15 is 0 Å². The second kappa shape index (κ2) is 9.52. The first-order valence-corrected chi connectivity index (χ1v) is 9.54. The lowest BCUT2D eigenvalue weighted by Crippen LogP contribution is -2.17. The van der Waals surface area contributed by atoms with Gasteiger partial charge in [0.2, 0.25) is 0 Å². The molecule has 0 unspecified atom stereocenters. The molecule has 0 aliphatic heterocycles. The van der Waals surface area contributed by atoms with E-state index in [2.05, 4.69) is 10.6 Å². The van der Waals surface area contributed by atoms with Gasteiger partial charge in [-0.3, -0.25) is 9.59 Å². The molecule has 0 saturated carbocycles. The molecule has 9 nitrogen and oxygen atoms in total. The van der Waals surface area contributed by atoms with E-state index in [0.29, 0.717) is 11.4 Å². The zero-order chi connectivity index (χ0) is 23.3. The summed E-state index contributed by atoms with van der Waals surface area (Å²) >= 11 is 0. The fourth-order valence-corrected chi connectivity index (χ4v) is 2.84. The highest BCUT2D eigenvalue weighted by Gasteiger charge is 2.18. The minimum atomic E-state index is -0.717. The average Bonchev–Trinajstić information content (AvgIpc) is 2.78. The van der Waals surface area contributed by atoms with Crippen LogP contribution in [0.2, 0.25) is 0 Å². The van der Waals surface area contributed by atoms with Gasteiger partial charge in [0, 0.05) is 16.9 Å². The van der Waals surface area contributed by atoms with E-state index in [1.54, 1.807) is 31.2 Å². The molecule has 0 fully saturated rings. The first kappa shape index (κ1) is 22.2. The maximum atomic E-state index is 12.6. The Bertz CT molecular complexity index is 1150. The number of hydrogen-bond donors (Lipinski definition) is 5. The Morgan fingerprint density at radius 2 is 1.28 bits per heavy atom. The molecule has 3 rings (SSSR count). The molecule has 9 heteroatoms. The first-order valence-electron chi connectivity index (χ1n) is 9.54. The van der Waals surface area contributed by atoms with E-state index in [4.69, 9.17) is 4.74 Å². The van der Waals surface area contributed by atoms with Gasteiger partial charge >= 0.3 is 5.97 Å². The third kappa shape index (κ3) is 4.96. The van der Waals surface area contributed by atoms with Crippen LogP contribution in [0.1, 0.15) is 38.0 Å². The predicted octanol–water partition coefficient (Wildman–Crippen LogP) is 3.48. The first-order chi connectivity index (χ1) is 15.3. The number of ether oxygens (including phenoxy) is 1. The second-order valence-corrected chi connectivity index (χ2v) is 6.61. The highest BCUT2D eigenvalue weighted by molar-refractivity contribution is 6.11. The van der Waals surface area contributed by atoms with Gasteiger partial charge in [0.15, 0.2) is 17.2 Å². The monoisotopic (exact) mass is 436 g/mol. The Balaban J connectivity index is 1.70. The molecule has 2 amide bonds. The minimum absolute atomic E-state index is 0.0641. The highest BCUT2D eigenvalue weighted by Crippen LogP contribution is 2.35. The summed E-state index contributed by atoms with van der Waals surface area (Å²) in [4.78, 5) is 37.0. The van der Waals surface area contributed by atoms with Crippen LogP contribution in [0.25, 0.3) is 0 Å². The molecule has 3 aromatic rings. The van der Waals surface area contributed by atoms with Crippen molar-refractivity contribution in [2.75, 3.05) is 17.2 Å². The second-order valence-electron chi connectivity index (χ2n) is 6.61. The highest BCUT2D eigenvalue weighted by atomic mass is 16.5. The number of hydrogen-bond acceptors (Lipinski definition) is 7. The van der Waals surface area contributed by atoms with Crippen LogP contribution < -0.4 is 10.6 Å². The van der Waals surface area contributed by atoms with E-state index in [0.717, 1.165) is 12.1 Å². The number of aromatic hydroxyl groups is 3. The van der Waals surface area contributed by atoms with Crippen LogP contribution >= 0.6 is 0 Å². The Kier molecular flexibility index (Phi) is 6.59. The Labute approximate surface area is 182 Å². The maximum absolute atomic E-state index is 12.6. The molecule has 0 aliphatic rings. The molecule has 0 spiro atoms. The zero-order valence-electron chi connectivity index (χ0n) is 17.0. The third-order valence-electron chi connectivity index (χ3n) is 4.40. The van der Waals surface area contributed by atoms with E-state index in [1.807, 2.05) is 0 Å². The van der Waals surface area contributed by atoms with Crippen LogP contribution in [0.15, 0.2) is 60.7 Å². The van der Waals surface area contributed by atoms with Crippen LogP contribution in [0.5, 0.6) is 17.2 Å². The average molecular weight is 436 g/mol. The van der Waals surface area contributed by atoms with Crippen LogP contribution in [-0.2, 0) is 4.74 Å². The van der Waals surface area contributed by atoms with Crippen molar-refractivity contribution < 1.29 is 34.4 Å². The zero-order valence-corrected chi connectivity index (χ0v) is 17.0. The van der Waals surface area contributed by atoms with Gasteiger partial charge in [0.05, 0.1) is 17.7 Å². The largest absolute Gasteiger partial charge is 0.504 e. The van der Waals surface area contributed by atoms with Crippen molar-refractivity contribution >= 4 is 29.2 Å². The molecule has 0 radical (unpaired) electrons. The maximum Gasteiger partial charge on any atom is 0.338 e. The van der Waals surface area contributed by atoms with Crippen LogP contribution in [0, 0.1) is 0 Å². The molecule has 0 aromatic heterocycles. The molecule has 0 saturated heterocycles. The quantitative estimate of drug-likeness (QED) is 0.294. The SMILES string of the molecule is CCOC(=O)c1ccccc1C(=O)Nc1ccc(NC(=O)c2cc(O)c(O)c(O)c2)cc1. The standard InChI is InChI=1S/C23H20N2O7/c1-2-32-23(31)17-6-4-3-5-16(17)22(30)25-15-9-7-14(8-10-15)24-21(29)13-11-18(26)20(28)19(27)12-13/h3-12,26-28H,2H2,1H3,(H,24,29)(H,25,30). The van der Waals surface area contributed by atoms with Crippen molar-refractivity contribution in [3.8, 4) is 17.2 Å². The van der Waals surface area contributed by atoms with Gasteiger partial charge in [0.1, 0.15) is 0 Å². The van der Waals surface area contributed by atoms with Crippen molar-refractivity contribution in [3.05, 3.63) is 77.4 Å². The van der Waals surface area contributed by atoms with Crippen LogP contribution in [0.4, 0.5) is 11.4 Å². The third-order valence-corrected chi connectivity index (χ3v) is 4.40. The fourth-order valence-electron chi connectivity index (χ4n) is 2.84. The van der Waals surface area contributed by atoms with Gasteiger partial charge in [-0.2, -0.15) is 0 Å². The number of phenols is 3. The number of carbonyl (C=O) groups excluding carboxylic acids is 3. The molecular formula is C23H20N2O7. The van der Waals surface area contributed by atoms with E-state index in [-0.39, 0.29) is 23.3 Å². The molecule has 3 aromatic carbocycles. The number of rotatable bonds is 6. The molecular weight excluding hydrogens is 416 g/mol. The predicted molar refractivity (Wildman–Crippen MR) is 116 cm³/mol. The molecule has 32 heavy (non-hydrogen) atoms. The van der Waals surface area contributed by atoms with Crippen molar-refractivity contribution in [2.45, 2.75) is 6.92 Å². The Morgan fingerprint density at radius 1 is 0.781 bits per heavy atom. The number of phenolic OH excluding ortho intramolecular Hbond substituents is 3. The van der Waals surface area contributed by atoms with Gasteiger partial charge in [-0.1, -0.05) is 12.1 Å². The van der Waals surface area contributed by atoms with Crippen molar-refractivity contribution in [2.24, 2.45) is 0 Å². The normalized spacial score (nSPS) is 10.3. The summed E-state index contributed by atoms with van der Waals surface area (Å²) in [6.07, 6.45) is 0. The molecule has 0 bridgehead atoms. The van der Waals surface area contributed by atoms with Gasteiger partial charge in [-0.15, -0.1) is 0 Å². The van der Waals surface area contributed by atoms with E-state index < -0.39 is 35.0 Å². The summed E-state index contributed by atoms with van der Waals surface area (Å²) < 4.78 is 4.98. The van der Waals surface area contributed by atoms with Crippen LogP contribution in [-0.4, -0.2) is 39.7 Å². The summed E-state index contributed by atoms with van der Waals surface area (Å²) in [7, 11) is 0. The number of amides is 2. The fraction of sp³-hybridized carbons (Fsp3) is 0.0870. The lowest BCUT2D eigenvalue weighted by molar-refractivity contribution is 0.0523. The van der Waals surface area contributed by atoms with Crippen molar-refractivity contribution in [1.82, 2.24) is 0 Å². The molecule has 0 aliphatic carbocycles. The van der Waals surface area contributed by atoms with Crippen molar-refractivity contribution in [3.63, 3.8) is 0 Å². The number of esters is 1. The summed E-state index contributed by atoms with van der Waals surface area (Å²) in [5.41, 5.74) is 1.05. The van der Waals surface area contributed by atoms with E-state index in [9.17, 15) is 29.7 Å². The lowest BCUT2D eigenvalue weighted by Gasteiger charge is -2.11. The number of nitrogens with one attached hydrogen (secondary N) is 2. The summed E-state index contributed by atoms with van der Waals surface area (Å²) in [6.45, 7) is 1.86. The summed E-state index contributed by atoms with van der Waals surface area (Å²) in [6, 6.07) is 14.5. The smallest absolute Gasteiger partial charge is 0.338 e. The van der Waals surface area contributed by atoms with Gasteiger partial charge in [-0.25, -0.2) is 4.79 Å². The molecule has 0 heterocycles. The number of carbonyl (C=O) groups is 3. The topological polar surface area (TPSA) is 145 Å². The Morgan fingerprint density at radius 3 is 1.81 bits per heavy atom. The molecule has 164 valence electrons. The molecule has 0 atom stereocenters. The lowest BCUT2D eigenvalue weighted by atomic mass is 10.1. The Hall–Kier alpha value is -4.53. The van der Waals surface area contributed by atoms with Gasteiger partial charge in [0.25, 0.3) is 11.8 Å². The van der Waals surface area contributed by atoms with E-state index in [1.165, 1.54) is 24.3 Å². The molecule has 5 N–H and O–H groups in total. The summed E-state index contributed by atoms with van der Waals surface area (Å²) in [5.74, 6) is -3.70. The van der Waals surface area contributed by atoms with Crippen LogP contribution in [0.3, 0.4) is 0 Å². The number of benzene rings is 3. The van der Waals surface area contributed by atoms with Crippen molar-refractivity contribution in [1.29, 1.82) is 0 Å².